The third kappa shape index (κ3) is 2.20. The molecule has 0 aliphatic carbocycles. The molecule has 1 amide bonds. The number of hydrogen-bond acceptors (Lipinski definition) is 2. The number of pyridine rings is 1. The number of likely N-dealkylation sites (tertiary alicyclic amines) is 1. The molecule has 3 nitrogen and oxygen atoms in total. The van der Waals surface area contributed by atoms with Crippen LogP contribution in [-0.2, 0) is 0 Å². The molecule has 1 aliphatic heterocycles. The van der Waals surface area contributed by atoms with Crippen LogP contribution in [0.3, 0.4) is 0 Å². The Morgan fingerprint density at radius 2 is 2.40 bits per heavy atom. The van der Waals surface area contributed by atoms with E-state index >= 15 is 0 Å². The lowest BCUT2D eigenvalue weighted by atomic mass is 10.2. The normalized spacial score (nSPS) is 20.7. The summed E-state index contributed by atoms with van der Waals surface area (Å²) in [5.41, 5.74) is 0.526. The second-order valence-electron chi connectivity index (χ2n) is 3.84. The second kappa shape index (κ2) is 4.31. The summed E-state index contributed by atoms with van der Waals surface area (Å²) < 4.78 is 0.709. The standard InChI is InChI=1S/C11H13BrN2O/c1-8-4-3-7-14(8)11(15)9-5-2-6-10(12)13-9/h2,5-6,8H,3-4,7H2,1H3. The highest BCUT2D eigenvalue weighted by atomic mass is 79.9. The van der Waals surface area contributed by atoms with Gasteiger partial charge in [0.1, 0.15) is 10.3 Å². The Balaban J connectivity index is 2.20. The molecule has 1 fully saturated rings. The van der Waals surface area contributed by atoms with Crippen molar-refractivity contribution in [3.8, 4) is 0 Å². The van der Waals surface area contributed by atoms with Crippen LogP contribution in [0.1, 0.15) is 30.3 Å². The van der Waals surface area contributed by atoms with Crippen molar-refractivity contribution in [3.05, 3.63) is 28.5 Å². The molecule has 0 spiro atoms. The van der Waals surface area contributed by atoms with Crippen LogP contribution in [0.2, 0.25) is 0 Å². The maximum absolute atomic E-state index is 12.1. The number of amides is 1. The third-order valence-electron chi connectivity index (χ3n) is 2.75. The first-order valence-corrected chi connectivity index (χ1v) is 5.91. The fourth-order valence-electron chi connectivity index (χ4n) is 1.91. The summed E-state index contributed by atoms with van der Waals surface area (Å²) in [6.45, 7) is 2.94. The van der Waals surface area contributed by atoms with Gasteiger partial charge in [-0.15, -0.1) is 0 Å². The van der Waals surface area contributed by atoms with Crippen molar-refractivity contribution in [2.75, 3.05) is 6.54 Å². The minimum atomic E-state index is 0.0429. The molecule has 4 heteroatoms. The molecule has 0 N–H and O–H groups in total. The minimum Gasteiger partial charge on any atom is -0.335 e. The van der Waals surface area contributed by atoms with E-state index in [9.17, 15) is 4.79 Å². The van der Waals surface area contributed by atoms with Crippen LogP contribution in [0.4, 0.5) is 0 Å². The first-order valence-electron chi connectivity index (χ1n) is 5.12. The first-order chi connectivity index (χ1) is 7.18. The lowest BCUT2D eigenvalue weighted by Gasteiger charge is -2.20. The fourth-order valence-corrected chi connectivity index (χ4v) is 2.25. The van der Waals surface area contributed by atoms with Gasteiger partial charge in [-0.25, -0.2) is 4.98 Å². The molecule has 1 unspecified atom stereocenters. The van der Waals surface area contributed by atoms with Crippen LogP contribution in [0, 0.1) is 0 Å². The van der Waals surface area contributed by atoms with E-state index in [1.165, 1.54) is 0 Å². The van der Waals surface area contributed by atoms with Gasteiger partial charge in [-0.1, -0.05) is 6.07 Å². The molecule has 1 aromatic rings. The van der Waals surface area contributed by atoms with Crippen molar-refractivity contribution in [3.63, 3.8) is 0 Å². The number of rotatable bonds is 1. The smallest absolute Gasteiger partial charge is 0.272 e. The Bertz CT molecular complexity index is 381. The molecule has 0 saturated carbocycles. The summed E-state index contributed by atoms with van der Waals surface area (Å²) in [5, 5.41) is 0. The summed E-state index contributed by atoms with van der Waals surface area (Å²) in [6, 6.07) is 5.77. The monoisotopic (exact) mass is 268 g/mol. The van der Waals surface area contributed by atoms with E-state index in [1.54, 1.807) is 6.07 Å². The number of carbonyl (C=O) groups excluding carboxylic acids is 1. The van der Waals surface area contributed by atoms with Gasteiger partial charge in [0.15, 0.2) is 0 Å². The summed E-state index contributed by atoms with van der Waals surface area (Å²) in [4.78, 5) is 18.1. The van der Waals surface area contributed by atoms with Crippen molar-refractivity contribution < 1.29 is 4.79 Å². The van der Waals surface area contributed by atoms with E-state index in [2.05, 4.69) is 27.8 Å². The van der Waals surface area contributed by atoms with Gasteiger partial charge in [0.2, 0.25) is 0 Å². The van der Waals surface area contributed by atoms with Crippen molar-refractivity contribution >= 4 is 21.8 Å². The Labute approximate surface area is 97.6 Å². The van der Waals surface area contributed by atoms with Gasteiger partial charge >= 0.3 is 0 Å². The molecule has 0 bridgehead atoms. The van der Waals surface area contributed by atoms with E-state index in [0.717, 1.165) is 19.4 Å². The largest absolute Gasteiger partial charge is 0.335 e. The molecule has 1 aromatic heterocycles. The number of hydrogen-bond donors (Lipinski definition) is 0. The molecule has 2 rings (SSSR count). The van der Waals surface area contributed by atoms with E-state index in [0.29, 0.717) is 16.3 Å². The molecule has 80 valence electrons. The maximum Gasteiger partial charge on any atom is 0.272 e. The zero-order valence-electron chi connectivity index (χ0n) is 8.61. The molecule has 0 aromatic carbocycles. The van der Waals surface area contributed by atoms with Crippen LogP contribution in [-0.4, -0.2) is 28.4 Å². The van der Waals surface area contributed by atoms with Crippen LogP contribution in [0.5, 0.6) is 0 Å². The Hall–Kier alpha value is -0.900. The van der Waals surface area contributed by atoms with Crippen LogP contribution in [0.25, 0.3) is 0 Å². The molecule has 1 saturated heterocycles. The van der Waals surface area contributed by atoms with Crippen LogP contribution >= 0.6 is 15.9 Å². The van der Waals surface area contributed by atoms with Gasteiger partial charge in [-0.05, 0) is 47.8 Å². The van der Waals surface area contributed by atoms with Crippen LogP contribution in [0.15, 0.2) is 22.8 Å². The second-order valence-corrected chi connectivity index (χ2v) is 4.65. The third-order valence-corrected chi connectivity index (χ3v) is 3.19. The summed E-state index contributed by atoms with van der Waals surface area (Å²) in [7, 11) is 0. The minimum absolute atomic E-state index is 0.0429. The van der Waals surface area contributed by atoms with Gasteiger partial charge in [0, 0.05) is 12.6 Å². The van der Waals surface area contributed by atoms with Crippen molar-refractivity contribution in [2.45, 2.75) is 25.8 Å². The predicted molar refractivity (Wildman–Crippen MR) is 61.7 cm³/mol. The molecule has 1 atom stereocenters. The Morgan fingerprint density at radius 1 is 1.60 bits per heavy atom. The number of nitrogens with zero attached hydrogens (tertiary/aromatic N) is 2. The summed E-state index contributed by atoms with van der Waals surface area (Å²) in [5.74, 6) is 0.0429. The molecule has 1 aliphatic rings. The summed E-state index contributed by atoms with van der Waals surface area (Å²) >= 11 is 3.27. The van der Waals surface area contributed by atoms with E-state index in [4.69, 9.17) is 0 Å². The van der Waals surface area contributed by atoms with Gasteiger partial charge in [0.25, 0.3) is 5.91 Å². The topological polar surface area (TPSA) is 33.2 Å². The quantitative estimate of drug-likeness (QED) is 0.734. The highest BCUT2D eigenvalue weighted by Crippen LogP contribution is 2.19. The number of halogens is 1. The average Bonchev–Trinajstić information content (AvgIpc) is 2.63. The van der Waals surface area contributed by atoms with Gasteiger partial charge in [-0.3, -0.25) is 4.79 Å². The molecule has 2 heterocycles. The van der Waals surface area contributed by atoms with E-state index < -0.39 is 0 Å². The molecular weight excluding hydrogens is 256 g/mol. The van der Waals surface area contributed by atoms with Crippen molar-refractivity contribution in [2.24, 2.45) is 0 Å². The van der Waals surface area contributed by atoms with E-state index in [1.807, 2.05) is 17.0 Å². The van der Waals surface area contributed by atoms with E-state index in [-0.39, 0.29) is 5.91 Å². The fraction of sp³-hybridized carbons (Fsp3) is 0.455. The first kappa shape index (κ1) is 10.6. The van der Waals surface area contributed by atoms with Crippen molar-refractivity contribution in [1.82, 2.24) is 9.88 Å². The highest BCUT2D eigenvalue weighted by molar-refractivity contribution is 9.10. The average molecular weight is 269 g/mol. The molecule has 0 radical (unpaired) electrons. The predicted octanol–water partition coefficient (Wildman–Crippen LogP) is 2.47. The highest BCUT2D eigenvalue weighted by Gasteiger charge is 2.26. The van der Waals surface area contributed by atoms with Gasteiger partial charge in [-0.2, -0.15) is 0 Å². The number of aromatic nitrogens is 1. The maximum atomic E-state index is 12.1. The van der Waals surface area contributed by atoms with Gasteiger partial charge < -0.3 is 4.90 Å². The lowest BCUT2D eigenvalue weighted by Crippen LogP contribution is -2.34. The zero-order chi connectivity index (χ0) is 10.8. The molecular formula is C11H13BrN2O. The Kier molecular flexibility index (Phi) is 3.05. The Morgan fingerprint density at radius 3 is 3.00 bits per heavy atom. The number of carbonyl (C=O) groups is 1. The van der Waals surface area contributed by atoms with Crippen molar-refractivity contribution in [1.29, 1.82) is 0 Å². The molecule has 15 heavy (non-hydrogen) atoms. The van der Waals surface area contributed by atoms with Gasteiger partial charge in [0.05, 0.1) is 0 Å². The summed E-state index contributed by atoms with van der Waals surface area (Å²) in [6.07, 6.45) is 2.20. The lowest BCUT2D eigenvalue weighted by molar-refractivity contribution is 0.0741. The zero-order valence-corrected chi connectivity index (χ0v) is 10.2. The SMILES string of the molecule is CC1CCCN1C(=O)c1cccc(Br)n1. The van der Waals surface area contributed by atoms with Crippen LogP contribution < -0.4 is 0 Å².